The number of para-hydroxylation sites is 2. The van der Waals surface area contributed by atoms with Crippen LogP contribution in [-0.4, -0.2) is 15.0 Å². The lowest BCUT2D eigenvalue weighted by atomic mass is 9.64. The first-order chi connectivity index (χ1) is 30.7. The summed E-state index contributed by atoms with van der Waals surface area (Å²) in [6, 6.07) is 82.4. The Kier molecular flexibility index (Phi) is 8.36. The molecule has 2 heterocycles. The van der Waals surface area contributed by atoms with Crippen molar-refractivity contribution in [2.75, 3.05) is 4.90 Å². The van der Waals surface area contributed by atoms with Crippen LogP contribution in [-0.2, 0) is 5.41 Å². The van der Waals surface area contributed by atoms with Crippen LogP contribution in [0.3, 0.4) is 0 Å². The third-order valence-electron chi connectivity index (χ3n) is 12.6. The highest BCUT2D eigenvalue weighted by atomic mass is 15.2. The van der Waals surface area contributed by atoms with Crippen molar-refractivity contribution >= 4 is 17.1 Å². The fraction of sp³-hybridized carbons (Fsp3) is 0.0172. The highest BCUT2D eigenvalue weighted by molar-refractivity contribution is 5.96. The van der Waals surface area contributed by atoms with Crippen LogP contribution in [0.2, 0.25) is 0 Å². The number of aromatic nitrogens is 3. The topological polar surface area (TPSA) is 41.9 Å². The Hall–Kier alpha value is -8.21. The van der Waals surface area contributed by atoms with E-state index in [0.29, 0.717) is 17.5 Å². The zero-order valence-corrected chi connectivity index (χ0v) is 33.7. The number of anilines is 3. The molecule has 0 saturated heterocycles. The maximum atomic E-state index is 5.08. The molecule has 1 aliphatic heterocycles. The van der Waals surface area contributed by atoms with Gasteiger partial charge >= 0.3 is 0 Å². The summed E-state index contributed by atoms with van der Waals surface area (Å²) >= 11 is 0. The summed E-state index contributed by atoms with van der Waals surface area (Å²) in [5, 5.41) is 0. The van der Waals surface area contributed by atoms with Crippen molar-refractivity contribution < 1.29 is 0 Å². The minimum Gasteiger partial charge on any atom is -0.310 e. The molecule has 0 saturated carbocycles. The van der Waals surface area contributed by atoms with Crippen molar-refractivity contribution in [3.8, 4) is 67.5 Å². The molecule has 62 heavy (non-hydrogen) atoms. The molecule has 0 atom stereocenters. The maximum absolute atomic E-state index is 5.08. The van der Waals surface area contributed by atoms with E-state index in [-0.39, 0.29) is 0 Å². The number of hydrogen-bond acceptors (Lipinski definition) is 4. The highest BCUT2D eigenvalue weighted by Gasteiger charge is 2.51. The van der Waals surface area contributed by atoms with Crippen molar-refractivity contribution in [2.24, 2.45) is 0 Å². The second-order valence-electron chi connectivity index (χ2n) is 16.0. The second kappa shape index (κ2) is 14.5. The lowest BCUT2D eigenvalue weighted by Gasteiger charge is -2.45. The van der Waals surface area contributed by atoms with Gasteiger partial charge < -0.3 is 4.90 Å². The fourth-order valence-electron chi connectivity index (χ4n) is 9.75. The van der Waals surface area contributed by atoms with Gasteiger partial charge in [0.1, 0.15) is 0 Å². The number of hydrogen-bond donors (Lipinski definition) is 0. The molecule has 0 bridgehead atoms. The number of rotatable bonds is 6. The van der Waals surface area contributed by atoms with Crippen LogP contribution in [0.4, 0.5) is 17.1 Å². The van der Waals surface area contributed by atoms with Gasteiger partial charge in [-0.2, -0.15) is 0 Å². The van der Waals surface area contributed by atoms with Gasteiger partial charge in [-0.1, -0.05) is 206 Å². The summed E-state index contributed by atoms with van der Waals surface area (Å²) in [5.74, 6) is 1.91. The predicted molar refractivity (Wildman–Crippen MR) is 253 cm³/mol. The molecular weight excluding hydrogens is 753 g/mol. The van der Waals surface area contributed by atoms with E-state index in [1.807, 2.05) is 36.4 Å². The van der Waals surface area contributed by atoms with Gasteiger partial charge in [-0.3, -0.25) is 0 Å². The Balaban J connectivity index is 0.984. The Labute approximate surface area is 361 Å². The summed E-state index contributed by atoms with van der Waals surface area (Å²) in [7, 11) is 0. The monoisotopic (exact) mass is 790 g/mol. The molecule has 0 radical (unpaired) electrons. The van der Waals surface area contributed by atoms with Crippen molar-refractivity contribution in [3.63, 3.8) is 0 Å². The lowest BCUT2D eigenvalue weighted by molar-refractivity contribution is 0.753. The van der Waals surface area contributed by atoms with Crippen LogP contribution in [0.5, 0.6) is 0 Å². The standard InChI is InChI=1S/C58H38N4/c1-4-16-39(17-5-1)40-28-32-43(33-29-40)56-59-55(42-18-6-2-7-19-42)60-57(61-56)44-34-30-41(31-35-44)45-36-37-52-54(38-45)62(46-20-8-3-9-21-46)53-27-15-14-26-51(53)58(52)49-24-12-10-22-47(49)48-23-11-13-25-50(48)58/h1-38H. The van der Waals surface area contributed by atoms with E-state index in [0.717, 1.165) is 44.8 Å². The molecule has 1 aliphatic carbocycles. The maximum Gasteiger partial charge on any atom is 0.164 e. The van der Waals surface area contributed by atoms with E-state index in [1.54, 1.807) is 0 Å². The molecule has 290 valence electrons. The first kappa shape index (κ1) is 35.7. The van der Waals surface area contributed by atoms with E-state index in [9.17, 15) is 0 Å². The van der Waals surface area contributed by atoms with Crippen molar-refractivity contribution in [1.29, 1.82) is 0 Å². The van der Waals surface area contributed by atoms with Gasteiger partial charge in [0.05, 0.1) is 16.8 Å². The van der Waals surface area contributed by atoms with Crippen LogP contribution in [0, 0.1) is 0 Å². The largest absolute Gasteiger partial charge is 0.310 e. The smallest absolute Gasteiger partial charge is 0.164 e. The predicted octanol–water partition coefficient (Wildman–Crippen LogP) is 14.4. The number of nitrogens with zero attached hydrogens (tertiary/aromatic N) is 4. The van der Waals surface area contributed by atoms with Gasteiger partial charge in [-0.15, -0.1) is 0 Å². The molecule has 1 spiro atoms. The first-order valence-corrected chi connectivity index (χ1v) is 21.1. The quantitative estimate of drug-likeness (QED) is 0.168. The number of benzene rings is 9. The first-order valence-electron chi connectivity index (χ1n) is 21.1. The third kappa shape index (κ3) is 5.65. The summed E-state index contributed by atoms with van der Waals surface area (Å²) in [6.45, 7) is 0. The summed E-state index contributed by atoms with van der Waals surface area (Å²) in [6.07, 6.45) is 0. The molecule has 1 aromatic heterocycles. The molecule has 0 unspecified atom stereocenters. The zero-order valence-electron chi connectivity index (χ0n) is 33.7. The summed E-state index contributed by atoms with van der Waals surface area (Å²) < 4.78 is 0. The van der Waals surface area contributed by atoms with Gasteiger partial charge in [-0.25, -0.2) is 15.0 Å². The van der Waals surface area contributed by atoms with Crippen LogP contribution < -0.4 is 4.90 Å². The zero-order chi connectivity index (χ0) is 41.0. The Bertz CT molecular complexity index is 3230. The molecule has 0 amide bonds. The van der Waals surface area contributed by atoms with Crippen LogP contribution in [0.1, 0.15) is 22.3 Å². The van der Waals surface area contributed by atoms with Crippen LogP contribution in [0.25, 0.3) is 67.5 Å². The van der Waals surface area contributed by atoms with Crippen molar-refractivity contribution in [2.45, 2.75) is 5.41 Å². The molecule has 12 rings (SSSR count). The van der Waals surface area contributed by atoms with E-state index in [2.05, 4.69) is 199 Å². The molecule has 4 nitrogen and oxygen atoms in total. The molecule has 9 aromatic carbocycles. The minimum absolute atomic E-state index is 0.485. The second-order valence-corrected chi connectivity index (χ2v) is 16.0. The van der Waals surface area contributed by atoms with Crippen LogP contribution >= 0.6 is 0 Å². The Morgan fingerprint density at radius 2 is 0.645 bits per heavy atom. The fourth-order valence-corrected chi connectivity index (χ4v) is 9.75. The molecule has 0 N–H and O–H groups in total. The van der Waals surface area contributed by atoms with E-state index >= 15 is 0 Å². The Morgan fingerprint density at radius 3 is 1.21 bits per heavy atom. The molecule has 10 aromatic rings. The SMILES string of the molecule is c1ccc(-c2ccc(-c3nc(-c4ccccc4)nc(-c4ccc(-c5ccc6c(c5)N(c5ccccc5)c5ccccc5C65c6ccccc6-c6ccccc65)cc4)n3)cc2)cc1. The van der Waals surface area contributed by atoms with Gasteiger partial charge in [0, 0.05) is 22.4 Å². The average Bonchev–Trinajstić information content (AvgIpc) is 3.65. The Morgan fingerprint density at radius 1 is 0.274 bits per heavy atom. The summed E-state index contributed by atoms with van der Waals surface area (Å²) in [4.78, 5) is 17.5. The lowest BCUT2D eigenvalue weighted by Crippen LogP contribution is -2.36. The van der Waals surface area contributed by atoms with E-state index in [1.165, 1.54) is 44.6 Å². The van der Waals surface area contributed by atoms with Gasteiger partial charge in [0.2, 0.25) is 0 Å². The third-order valence-corrected chi connectivity index (χ3v) is 12.6. The minimum atomic E-state index is -0.485. The number of fused-ring (bicyclic) bond motifs is 9. The van der Waals surface area contributed by atoms with Gasteiger partial charge in [0.25, 0.3) is 0 Å². The van der Waals surface area contributed by atoms with E-state index < -0.39 is 5.41 Å². The molecule has 4 heteroatoms. The molecule has 0 fully saturated rings. The van der Waals surface area contributed by atoms with Crippen LogP contribution in [0.15, 0.2) is 231 Å². The van der Waals surface area contributed by atoms with Crippen molar-refractivity contribution in [1.82, 2.24) is 15.0 Å². The molecular formula is C58H38N4. The average molecular weight is 791 g/mol. The van der Waals surface area contributed by atoms with E-state index in [4.69, 9.17) is 15.0 Å². The van der Waals surface area contributed by atoms with Gasteiger partial charge in [0.15, 0.2) is 17.5 Å². The normalized spacial score (nSPS) is 12.9. The van der Waals surface area contributed by atoms with Crippen molar-refractivity contribution in [3.05, 3.63) is 253 Å². The van der Waals surface area contributed by atoms with Gasteiger partial charge in [-0.05, 0) is 79.9 Å². The summed E-state index contributed by atoms with van der Waals surface area (Å²) in [5.41, 5.74) is 18.1. The molecule has 2 aliphatic rings. The highest BCUT2D eigenvalue weighted by Crippen LogP contribution is 2.63.